The Morgan fingerprint density at radius 1 is 1.05 bits per heavy atom. The van der Waals surface area contributed by atoms with Gasteiger partial charge in [-0.15, -0.1) is 0 Å². The highest BCUT2D eigenvalue weighted by Gasteiger charge is 2.07. The van der Waals surface area contributed by atoms with Crippen LogP contribution in [-0.2, 0) is 0 Å². The molecule has 0 amide bonds. The Balaban J connectivity index is 2.00. The van der Waals surface area contributed by atoms with Crippen molar-refractivity contribution in [2.24, 2.45) is 0 Å². The molecule has 102 valence electrons. The third-order valence-corrected chi connectivity index (χ3v) is 3.30. The smallest absolute Gasteiger partial charge is 0.120 e. The Morgan fingerprint density at radius 3 is 2.58 bits per heavy atom. The first kappa shape index (κ1) is 13.9. The fourth-order valence-electron chi connectivity index (χ4n) is 2.34. The number of rotatable bonds is 7. The molecule has 0 fully saturated rings. The topological polar surface area (TPSA) is 21.3 Å². The van der Waals surface area contributed by atoms with Crippen molar-refractivity contribution in [2.45, 2.75) is 32.7 Å². The van der Waals surface area contributed by atoms with Gasteiger partial charge in [-0.05, 0) is 35.9 Å². The average Bonchev–Trinajstić information content (AvgIpc) is 2.45. The number of hydrogen-bond acceptors (Lipinski definition) is 2. The van der Waals surface area contributed by atoms with Gasteiger partial charge in [-0.2, -0.15) is 0 Å². The van der Waals surface area contributed by atoms with Crippen LogP contribution in [0, 0.1) is 0 Å². The van der Waals surface area contributed by atoms with Crippen molar-refractivity contribution >= 4 is 10.8 Å². The summed E-state index contributed by atoms with van der Waals surface area (Å²) in [5, 5.41) is 5.95. The molecule has 0 saturated heterocycles. The monoisotopic (exact) mass is 257 g/mol. The number of fused-ring (bicyclic) bond motifs is 1. The maximum atomic E-state index is 5.92. The molecule has 0 bridgehead atoms. The summed E-state index contributed by atoms with van der Waals surface area (Å²) in [7, 11) is 0. The van der Waals surface area contributed by atoms with Crippen LogP contribution >= 0.6 is 0 Å². The van der Waals surface area contributed by atoms with Crippen LogP contribution in [0.15, 0.2) is 42.5 Å². The molecule has 0 aliphatic heterocycles. The summed E-state index contributed by atoms with van der Waals surface area (Å²) in [6, 6.07) is 15.1. The van der Waals surface area contributed by atoms with Crippen LogP contribution in [0.4, 0.5) is 0 Å². The predicted molar refractivity (Wildman–Crippen MR) is 81.8 cm³/mol. The van der Waals surface area contributed by atoms with E-state index in [2.05, 4.69) is 61.6 Å². The molecule has 2 aromatic carbocycles. The van der Waals surface area contributed by atoms with Crippen LogP contribution in [0.3, 0.4) is 0 Å². The molecule has 1 N–H and O–H groups in total. The lowest BCUT2D eigenvalue weighted by molar-refractivity contribution is 0.258. The van der Waals surface area contributed by atoms with E-state index in [9.17, 15) is 0 Å². The molecule has 2 rings (SSSR count). The van der Waals surface area contributed by atoms with Crippen LogP contribution in [0.2, 0.25) is 0 Å². The minimum absolute atomic E-state index is 0.446. The van der Waals surface area contributed by atoms with Crippen molar-refractivity contribution < 1.29 is 4.74 Å². The van der Waals surface area contributed by atoms with E-state index in [0.717, 1.165) is 25.3 Å². The summed E-state index contributed by atoms with van der Waals surface area (Å²) < 4.78 is 5.92. The number of nitrogens with one attached hydrogen (secondary N) is 1. The lowest BCUT2D eigenvalue weighted by Crippen LogP contribution is -2.34. The Kier molecular flexibility index (Phi) is 5.22. The van der Waals surface area contributed by atoms with Gasteiger partial charge in [0, 0.05) is 6.04 Å². The van der Waals surface area contributed by atoms with Crippen molar-refractivity contribution in [3.05, 3.63) is 42.5 Å². The molecule has 2 heteroatoms. The zero-order valence-electron chi connectivity index (χ0n) is 11.9. The third kappa shape index (κ3) is 3.97. The maximum Gasteiger partial charge on any atom is 0.120 e. The van der Waals surface area contributed by atoms with Crippen molar-refractivity contribution in [3.63, 3.8) is 0 Å². The Morgan fingerprint density at radius 2 is 1.84 bits per heavy atom. The van der Waals surface area contributed by atoms with E-state index in [0.29, 0.717) is 6.04 Å². The van der Waals surface area contributed by atoms with Crippen molar-refractivity contribution in [2.75, 3.05) is 13.2 Å². The zero-order valence-corrected chi connectivity index (χ0v) is 11.9. The van der Waals surface area contributed by atoms with Crippen LogP contribution in [0.5, 0.6) is 5.75 Å². The standard InChI is InChI=1S/C17H23NO/c1-3-7-16(18-4-2)13-19-17-11-10-14-8-5-6-9-15(14)12-17/h5-6,8-12,16,18H,3-4,7,13H2,1-2H3. The number of ether oxygens (including phenoxy) is 1. The Bertz CT molecular complexity index is 503. The van der Waals surface area contributed by atoms with Crippen molar-refractivity contribution in [1.82, 2.24) is 5.32 Å². The van der Waals surface area contributed by atoms with Gasteiger partial charge in [-0.3, -0.25) is 0 Å². The zero-order chi connectivity index (χ0) is 13.5. The Labute approximate surface area is 115 Å². The van der Waals surface area contributed by atoms with Crippen LogP contribution < -0.4 is 10.1 Å². The van der Waals surface area contributed by atoms with Gasteiger partial charge in [-0.25, -0.2) is 0 Å². The van der Waals surface area contributed by atoms with E-state index in [1.165, 1.54) is 17.2 Å². The number of likely N-dealkylation sites (N-methyl/N-ethyl adjacent to an activating group) is 1. The molecule has 0 heterocycles. The van der Waals surface area contributed by atoms with Crippen molar-refractivity contribution in [3.8, 4) is 5.75 Å². The van der Waals surface area contributed by atoms with E-state index in [1.807, 2.05) is 0 Å². The van der Waals surface area contributed by atoms with E-state index >= 15 is 0 Å². The van der Waals surface area contributed by atoms with Gasteiger partial charge in [0.1, 0.15) is 12.4 Å². The second-order valence-electron chi connectivity index (χ2n) is 4.86. The van der Waals surface area contributed by atoms with Gasteiger partial charge in [0.05, 0.1) is 0 Å². The second kappa shape index (κ2) is 7.15. The van der Waals surface area contributed by atoms with Crippen LogP contribution in [0.25, 0.3) is 10.8 Å². The van der Waals surface area contributed by atoms with E-state index < -0.39 is 0 Å². The molecule has 2 nitrogen and oxygen atoms in total. The largest absolute Gasteiger partial charge is 0.492 e. The fourth-order valence-corrected chi connectivity index (χ4v) is 2.34. The number of hydrogen-bond donors (Lipinski definition) is 1. The average molecular weight is 257 g/mol. The summed E-state index contributed by atoms with van der Waals surface area (Å²) in [5.74, 6) is 0.956. The van der Waals surface area contributed by atoms with Crippen molar-refractivity contribution in [1.29, 1.82) is 0 Å². The summed E-state index contributed by atoms with van der Waals surface area (Å²) in [5.41, 5.74) is 0. The maximum absolute atomic E-state index is 5.92. The highest BCUT2D eigenvalue weighted by atomic mass is 16.5. The summed E-state index contributed by atoms with van der Waals surface area (Å²) in [4.78, 5) is 0. The molecular formula is C17H23NO. The molecule has 19 heavy (non-hydrogen) atoms. The first-order valence-corrected chi connectivity index (χ1v) is 7.18. The molecular weight excluding hydrogens is 234 g/mol. The highest BCUT2D eigenvalue weighted by Crippen LogP contribution is 2.20. The summed E-state index contributed by atoms with van der Waals surface area (Å²) >= 11 is 0. The van der Waals surface area contributed by atoms with E-state index in [-0.39, 0.29) is 0 Å². The first-order valence-electron chi connectivity index (χ1n) is 7.18. The molecule has 0 aliphatic rings. The molecule has 1 atom stereocenters. The lowest BCUT2D eigenvalue weighted by Gasteiger charge is -2.18. The third-order valence-electron chi connectivity index (χ3n) is 3.30. The molecule has 1 unspecified atom stereocenters. The van der Waals surface area contributed by atoms with E-state index in [1.54, 1.807) is 0 Å². The lowest BCUT2D eigenvalue weighted by atomic mass is 10.1. The second-order valence-corrected chi connectivity index (χ2v) is 4.86. The van der Waals surface area contributed by atoms with Crippen LogP contribution in [-0.4, -0.2) is 19.2 Å². The predicted octanol–water partition coefficient (Wildman–Crippen LogP) is 4.00. The number of benzene rings is 2. The first-order chi connectivity index (χ1) is 9.33. The minimum Gasteiger partial charge on any atom is -0.492 e. The molecule has 2 aromatic rings. The highest BCUT2D eigenvalue weighted by molar-refractivity contribution is 5.83. The molecule has 0 aliphatic carbocycles. The van der Waals surface area contributed by atoms with Gasteiger partial charge in [0.25, 0.3) is 0 Å². The van der Waals surface area contributed by atoms with Crippen LogP contribution in [0.1, 0.15) is 26.7 Å². The Hall–Kier alpha value is -1.54. The SMILES string of the molecule is CCCC(COc1ccc2ccccc2c1)NCC. The molecule has 0 spiro atoms. The van der Waals surface area contributed by atoms with E-state index in [4.69, 9.17) is 4.74 Å². The summed E-state index contributed by atoms with van der Waals surface area (Å²) in [6.07, 6.45) is 2.33. The van der Waals surface area contributed by atoms with Gasteiger partial charge in [0.2, 0.25) is 0 Å². The summed E-state index contributed by atoms with van der Waals surface area (Å²) in [6.45, 7) is 6.07. The molecule has 0 aromatic heterocycles. The molecule has 0 saturated carbocycles. The normalized spacial score (nSPS) is 12.5. The van der Waals surface area contributed by atoms with Gasteiger partial charge >= 0.3 is 0 Å². The van der Waals surface area contributed by atoms with Gasteiger partial charge in [-0.1, -0.05) is 50.6 Å². The quantitative estimate of drug-likeness (QED) is 0.809. The minimum atomic E-state index is 0.446. The van der Waals surface area contributed by atoms with Gasteiger partial charge < -0.3 is 10.1 Å². The van der Waals surface area contributed by atoms with Gasteiger partial charge in [0.15, 0.2) is 0 Å². The molecule has 0 radical (unpaired) electrons. The fraction of sp³-hybridized carbons (Fsp3) is 0.412.